The molecule has 0 aliphatic carbocycles. The smallest absolute Gasteiger partial charge is 0.323 e. The molecule has 1 aliphatic heterocycles. The van der Waals surface area contributed by atoms with E-state index in [4.69, 9.17) is 0 Å². The summed E-state index contributed by atoms with van der Waals surface area (Å²) in [6, 6.07) is 11.6. The Kier molecular flexibility index (Phi) is 5.38. The Labute approximate surface area is 148 Å². The molecule has 0 bridgehead atoms. The molecule has 3 rings (SSSR count). The lowest BCUT2D eigenvalue weighted by molar-refractivity contribution is 0.129. The van der Waals surface area contributed by atoms with E-state index in [0.29, 0.717) is 18.8 Å². The van der Waals surface area contributed by atoms with Gasteiger partial charge in [0.1, 0.15) is 0 Å². The Morgan fingerprint density at radius 1 is 1.32 bits per heavy atom. The molecule has 1 aromatic carbocycles. The van der Waals surface area contributed by atoms with Gasteiger partial charge in [-0.05, 0) is 38.7 Å². The van der Waals surface area contributed by atoms with Crippen molar-refractivity contribution >= 4 is 11.8 Å². The first-order valence-electron chi connectivity index (χ1n) is 8.90. The van der Waals surface area contributed by atoms with E-state index >= 15 is 0 Å². The summed E-state index contributed by atoms with van der Waals surface area (Å²) in [5.74, 6) is 0.563. The van der Waals surface area contributed by atoms with Crippen molar-refractivity contribution in [1.82, 2.24) is 14.7 Å². The van der Waals surface area contributed by atoms with Crippen LogP contribution in [-0.4, -0.2) is 38.4 Å². The van der Waals surface area contributed by atoms with Crippen molar-refractivity contribution in [2.45, 2.75) is 51.3 Å². The molecule has 1 aliphatic rings. The van der Waals surface area contributed by atoms with Gasteiger partial charge in [-0.2, -0.15) is 5.10 Å². The molecule has 1 fully saturated rings. The maximum absolute atomic E-state index is 12.6. The maximum Gasteiger partial charge on any atom is 0.323 e. The fraction of sp³-hybridized carbons (Fsp3) is 0.474. The summed E-state index contributed by atoms with van der Waals surface area (Å²) in [6.07, 6.45) is 3.73. The quantitative estimate of drug-likeness (QED) is 0.872. The minimum Gasteiger partial charge on any atom is -0.388 e. The third kappa shape index (κ3) is 4.20. The highest BCUT2D eigenvalue weighted by Gasteiger charge is 2.31. The largest absolute Gasteiger partial charge is 0.388 e. The third-order valence-electron chi connectivity index (χ3n) is 4.69. The molecule has 6 nitrogen and oxygen atoms in total. The number of nitrogens with one attached hydrogen (secondary N) is 1. The molecule has 2 heterocycles. The fourth-order valence-electron chi connectivity index (χ4n) is 3.29. The van der Waals surface area contributed by atoms with Crippen LogP contribution in [0.4, 0.5) is 10.6 Å². The van der Waals surface area contributed by atoms with Gasteiger partial charge < -0.3 is 10.0 Å². The molecule has 0 saturated carbocycles. The molecule has 2 atom stereocenters. The van der Waals surface area contributed by atoms with Crippen LogP contribution in [-0.2, 0) is 0 Å². The van der Waals surface area contributed by atoms with Crippen LogP contribution in [0.15, 0.2) is 42.6 Å². The zero-order chi connectivity index (χ0) is 17.8. The average Bonchev–Trinajstić information content (AvgIpc) is 3.25. The van der Waals surface area contributed by atoms with E-state index in [2.05, 4.69) is 10.4 Å². The standard InChI is InChI=1S/C19H26N4O2/c1-14(2)23-12-10-18(21-23)20-19(25)22-11-6-9-16(22)13-17(24)15-7-4-3-5-8-15/h3-5,7-8,10,12,14,16-17,24H,6,9,11,13H2,1-2H3,(H,20,21,25)/t16-,17+/m0/s1. The second kappa shape index (κ2) is 7.70. The highest BCUT2D eigenvalue weighted by atomic mass is 16.3. The van der Waals surface area contributed by atoms with Crippen LogP contribution in [0.2, 0.25) is 0 Å². The number of hydrogen-bond donors (Lipinski definition) is 2. The van der Waals surface area contributed by atoms with Gasteiger partial charge in [-0.15, -0.1) is 0 Å². The SMILES string of the molecule is CC(C)n1ccc(NC(=O)N2CCC[C@H]2C[C@@H](O)c2ccccc2)n1. The number of aliphatic hydroxyl groups is 1. The Bertz CT molecular complexity index is 698. The van der Waals surface area contributed by atoms with Gasteiger partial charge in [0.25, 0.3) is 0 Å². The van der Waals surface area contributed by atoms with Crippen molar-refractivity contribution in [3.63, 3.8) is 0 Å². The first-order chi connectivity index (χ1) is 12.0. The van der Waals surface area contributed by atoms with Crippen molar-refractivity contribution in [3.8, 4) is 0 Å². The lowest BCUT2D eigenvalue weighted by atomic mass is 10.0. The Morgan fingerprint density at radius 3 is 2.76 bits per heavy atom. The predicted octanol–water partition coefficient (Wildman–Crippen LogP) is 3.58. The number of benzene rings is 1. The highest BCUT2D eigenvalue weighted by Crippen LogP contribution is 2.27. The van der Waals surface area contributed by atoms with Crippen LogP contribution in [0.25, 0.3) is 0 Å². The van der Waals surface area contributed by atoms with Gasteiger partial charge in [0.2, 0.25) is 0 Å². The minimum absolute atomic E-state index is 0.0439. The number of carbonyl (C=O) groups is 1. The summed E-state index contributed by atoms with van der Waals surface area (Å²) in [4.78, 5) is 14.4. The molecule has 1 aromatic heterocycles. The summed E-state index contributed by atoms with van der Waals surface area (Å²) >= 11 is 0. The van der Waals surface area contributed by atoms with Crippen LogP contribution < -0.4 is 5.32 Å². The topological polar surface area (TPSA) is 70.4 Å². The summed E-state index contributed by atoms with van der Waals surface area (Å²) in [5.41, 5.74) is 0.894. The zero-order valence-electron chi connectivity index (χ0n) is 14.8. The van der Waals surface area contributed by atoms with Crippen molar-refractivity contribution in [2.75, 3.05) is 11.9 Å². The van der Waals surface area contributed by atoms with E-state index in [9.17, 15) is 9.90 Å². The number of anilines is 1. The highest BCUT2D eigenvalue weighted by molar-refractivity contribution is 5.88. The van der Waals surface area contributed by atoms with Gasteiger partial charge in [-0.1, -0.05) is 30.3 Å². The van der Waals surface area contributed by atoms with Gasteiger partial charge in [-0.25, -0.2) is 4.79 Å². The second-order valence-corrected chi connectivity index (χ2v) is 6.86. The van der Waals surface area contributed by atoms with Gasteiger partial charge in [0, 0.05) is 30.9 Å². The number of likely N-dealkylation sites (tertiary alicyclic amines) is 1. The minimum atomic E-state index is -0.556. The molecule has 2 aromatic rings. The first kappa shape index (κ1) is 17.5. The maximum atomic E-state index is 12.6. The molecule has 0 unspecified atom stereocenters. The molecule has 6 heteroatoms. The van der Waals surface area contributed by atoms with Gasteiger partial charge in [0.15, 0.2) is 5.82 Å². The number of nitrogens with zero attached hydrogens (tertiary/aromatic N) is 3. The van der Waals surface area contributed by atoms with E-state index in [1.165, 1.54) is 0 Å². The molecule has 1 saturated heterocycles. The van der Waals surface area contributed by atoms with E-state index in [1.54, 1.807) is 0 Å². The van der Waals surface area contributed by atoms with Crippen LogP contribution in [0.1, 0.15) is 50.8 Å². The van der Waals surface area contributed by atoms with E-state index in [0.717, 1.165) is 18.4 Å². The van der Waals surface area contributed by atoms with Crippen molar-refractivity contribution in [3.05, 3.63) is 48.2 Å². The summed E-state index contributed by atoms with van der Waals surface area (Å²) < 4.78 is 1.82. The Morgan fingerprint density at radius 2 is 2.08 bits per heavy atom. The molecule has 134 valence electrons. The predicted molar refractivity (Wildman–Crippen MR) is 97.4 cm³/mol. The number of amides is 2. The number of hydrogen-bond acceptors (Lipinski definition) is 3. The summed E-state index contributed by atoms with van der Waals surface area (Å²) in [6.45, 7) is 4.79. The molecule has 2 amide bonds. The normalized spacial score (nSPS) is 18.6. The first-order valence-corrected chi connectivity index (χ1v) is 8.90. The van der Waals surface area contributed by atoms with Gasteiger partial charge in [-0.3, -0.25) is 10.00 Å². The van der Waals surface area contributed by atoms with Crippen molar-refractivity contribution in [1.29, 1.82) is 0 Å². The molecule has 2 N–H and O–H groups in total. The molecular formula is C19H26N4O2. The fourth-order valence-corrected chi connectivity index (χ4v) is 3.29. The summed E-state index contributed by atoms with van der Waals surface area (Å²) in [7, 11) is 0. The Balaban J connectivity index is 1.61. The number of aliphatic hydroxyl groups excluding tert-OH is 1. The molecular weight excluding hydrogens is 316 g/mol. The van der Waals surface area contributed by atoms with Crippen molar-refractivity contribution in [2.24, 2.45) is 0 Å². The van der Waals surface area contributed by atoms with Crippen LogP contribution >= 0.6 is 0 Å². The number of urea groups is 1. The number of carbonyl (C=O) groups excluding carboxylic acids is 1. The van der Waals surface area contributed by atoms with E-state index in [-0.39, 0.29) is 18.1 Å². The van der Waals surface area contributed by atoms with Crippen LogP contribution in [0.5, 0.6) is 0 Å². The Hall–Kier alpha value is -2.34. The lowest BCUT2D eigenvalue weighted by Gasteiger charge is -2.26. The molecule has 0 radical (unpaired) electrons. The monoisotopic (exact) mass is 342 g/mol. The van der Waals surface area contributed by atoms with Crippen molar-refractivity contribution < 1.29 is 9.90 Å². The second-order valence-electron chi connectivity index (χ2n) is 6.86. The van der Waals surface area contributed by atoms with Gasteiger partial charge >= 0.3 is 6.03 Å². The average molecular weight is 342 g/mol. The summed E-state index contributed by atoms with van der Waals surface area (Å²) in [5, 5.41) is 17.7. The van der Waals surface area contributed by atoms with E-state index in [1.807, 2.05) is 66.0 Å². The molecule has 0 spiro atoms. The van der Waals surface area contributed by atoms with E-state index < -0.39 is 6.10 Å². The third-order valence-corrected chi connectivity index (χ3v) is 4.69. The molecule has 25 heavy (non-hydrogen) atoms. The number of aromatic nitrogens is 2. The number of rotatable bonds is 5. The van der Waals surface area contributed by atoms with Gasteiger partial charge in [0.05, 0.1) is 6.10 Å². The van der Waals surface area contributed by atoms with Crippen LogP contribution in [0, 0.1) is 0 Å². The van der Waals surface area contributed by atoms with Crippen LogP contribution in [0.3, 0.4) is 0 Å². The lowest BCUT2D eigenvalue weighted by Crippen LogP contribution is -2.39. The zero-order valence-corrected chi connectivity index (χ0v) is 14.8.